The summed E-state index contributed by atoms with van der Waals surface area (Å²) < 4.78 is 10.5. The second-order valence-electron chi connectivity index (χ2n) is 5.17. The first kappa shape index (κ1) is 13.9. The molecule has 0 unspecified atom stereocenters. The Hall–Kier alpha value is -1.57. The average molecular weight is 260 g/mol. The molecule has 4 heteroatoms. The van der Waals surface area contributed by atoms with Gasteiger partial charge in [-0.2, -0.15) is 5.26 Å². The van der Waals surface area contributed by atoms with Crippen LogP contribution >= 0.6 is 0 Å². The zero-order chi connectivity index (χ0) is 13.7. The number of rotatable bonds is 4. The molecule has 1 fully saturated rings. The highest BCUT2D eigenvalue weighted by Crippen LogP contribution is 2.22. The van der Waals surface area contributed by atoms with Crippen LogP contribution in [-0.4, -0.2) is 25.9 Å². The van der Waals surface area contributed by atoms with Gasteiger partial charge < -0.3 is 14.8 Å². The van der Waals surface area contributed by atoms with E-state index >= 15 is 0 Å². The van der Waals surface area contributed by atoms with Crippen LogP contribution in [0, 0.1) is 11.3 Å². The fraction of sp³-hybridized carbons (Fsp3) is 0.533. The van der Waals surface area contributed by atoms with Crippen LogP contribution in [0.3, 0.4) is 0 Å². The summed E-state index contributed by atoms with van der Waals surface area (Å²) in [4.78, 5) is 0. The van der Waals surface area contributed by atoms with Crippen molar-refractivity contribution in [3.8, 4) is 11.8 Å². The Labute approximate surface area is 114 Å². The number of benzene rings is 1. The van der Waals surface area contributed by atoms with E-state index in [-0.39, 0.29) is 5.54 Å². The number of methoxy groups -OCH3 is 1. The van der Waals surface area contributed by atoms with Crippen LogP contribution in [0.1, 0.15) is 30.9 Å². The van der Waals surface area contributed by atoms with E-state index in [1.54, 1.807) is 7.11 Å². The van der Waals surface area contributed by atoms with Crippen molar-refractivity contribution in [2.75, 3.05) is 20.3 Å². The molecule has 0 aromatic heterocycles. The topological polar surface area (TPSA) is 54.3 Å². The fourth-order valence-corrected chi connectivity index (χ4v) is 2.27. The lowest BCUT2D eigenvalue weighted by molar-refractivity contribution is 0.0446. The van der Waals surface area contributed by atoms with E-state index in [1.807, 2.05) is 18.2 Å². The van der Waals surface area contributed by atoms with E-state index in [4.69, 9.17) is 14.7 Å². The highest BCUT2D eigenvalue weighted by molar-refractivity contribution is 5.45. The second kappa shape index (κ2) is 6.05. The third-order valence-corrected chi connectivity index (χ3v) is 3.70. The first-order valence-corrected chi connectivity index (χ1v) is 6.57. The Morgan fingerprint density at radius 1 is 1.42 bits per heavy atom. The Balaban J connectivity index is 2.01. The molecule has 1 aromatic rings. The van der Waals surface area contributed by atoms with Gasteiger partial charge in [-0.15, -0.1) is 0 Å². The van der Waals surface area contributed by atoms with Gasteiger partial charge in [0.05, 0.1) is 12.7 Å². The molecular weight excluding hydrogens is 240 g/mol. The van der Waals surface area contributed by atoms with Crippen molar-refractivity contribution in [3.05, 3.63) is 29.3 Å². The minimum atomic E-state index is 0.130. The largest absolute Gasteiger partial charge is 0.495 e. The molecule has 0 spiro atoms. The SMILES string of the molecule is COc1ccc(CNC2(C)CCOCC2)cc1C#N. The summed E-state index contributed by atoms with van der Waals surface area (Å²) in [5.74, 6) is 0.628. The summed E-state index contributed by atoms with van der Waals surface area (Å²) >= 11 is 0. The molecule has 1 N–H and O–H groups in total. The maximum absolute atomic E-state index is 9.07. The number of hydrogen-bond acceptors (Lipinski definition) is 4. The monoisotopic (exact) mass is 260 g/mol. The van der Waals surface area contributed by atoms with Gasteiger partial charge in [-0.05, 0) is 37.5 Å². The molecule has 1 aliphatic heterocycles. The molecular formula is C15H20N2O2. The summed E-state index contributed by atoms with van der Waals surface area (Å²) in [5.41, 5.74) is 1.81. The van der Waals surface area contributed by atoms with Crippen LogP contribution in [0.15, 0.2) is 18.2 Å². The predicted octanol–water partition coefficient (Wildman–Crippen LogP) is 2.23. The van der Waals surface area contributed by atoms with E-state index in [2.05, 4.69) is 18.3 Å². The number of hydrogen-bond donors (Lipinski definition) is 1. The lowest BCUT2D eigenvalue weighted by Crippen LogP contribution is -2.46. The van der Waals surface area contributed by atoms with Gasteiger partial charge in [-0.3, -0.25) is 0 Å². The molecule has 2 rings (SSSR count). The lowest BCUT2D eigenvalue weighted by Gasteiger charge is -2.34. The van der Waals surface area contributed by atoms with Gasteiger partial charge >= 0.3 is 0 Å². The molecule has 1 aromatic carbocycles. The third-order valence-electron chi connectivity index (χ3n) is 3.70. The normalized spacial score (nSPS) is 17.7. The van der Waals surface area contributed by atoms with Crippen molar-refractivity contribution in [2.45, 2.75) is 31.8 Å². The Bertz CT molecular complexity index is 474. The van der Waals surface area contributed by atoms with Gasteiger partial charge in [0.25, 0.3) is 0 Å². The summed E-state index contributed by atoms with van der Waals surface area (Å²) in [6, 6.07) is 7.89. The maximum atomic E-state index is 9.07. The average Bonchev–Trinajstić information content (AvgIpc) is 2.45. The highest BCUT2D eigenvalue weighted by Gasteiger charge is 2.26. The molecule has 0 aliphatic carbocycles. The highest BCUT2D eigenvalue weighted by atomic mass is 16.5. The van der Waals surface area contributed by atoms with Crippen molar-refractivity contribution in [1.29, 1.82) is 5.26 Å². The summed E-state index contributed by atoms with van der Waals surface area (Å²) in [6.07, 6.45) is 2.04. The van der Waals surface area contributed by atoms with Gasteiger partial charge in [0.15, 0.2) is 0 Å². The van der Waals surface area contributed by atoms with Crippen molar-refractivity contribution < 1.29 is 9.47 Å². The van der Waals surface area contributed by atoms with E-state index < -0.39 is 0 Å². The summed E-state index contributed by atoms with van der Waals surface area (Å²) in [5, 5.41) is 12.6. The van der Waals surface area contributed by atoms with Crippen LogP contribution in [-0.2, 0) is 11.3 Å². The van der Waals surface area contributed by atoms with E-state index in [9.17, 15) is 0 Å². The van der Waals surface area contributed by atoms with Crippen molar-refractivity contribution in [3.63, 3.8) is 0 Å². The van der Waals surface area contributed by atoms with Crippen LogP contribution in [0.4, 0.5) is 0 Å². The molecule has 0 saturated carbocycles. The van der Waals surface area contributed by atoms with Crippen molar-refractivity contribution in [1.82, 2.24) is 5.32 Å². The molecule has 1 heterocycles. The van der Waals surface area contributed by atoms with Crippen LogP contribution in [0.25, 0.3) is 0 Å². The molecule has 1 aliphatic rings. The predicted molar refractivity (Wildman–Crippen MR) is 73.0 cm³/mol. The van der Waals surface area contributed by atoms with E-state index in [0.29, 0.717) is 11.3 Å². The molecule has 0 radical (unpaired) electrons. The van der Waals surface area contributed by atoms with Gasteiger partial charge in [-0.25, -0.2) is 0 Å². The lowest BCUT2D eigenvalue weighted by atomic mass is 9.92. The number of nitrogens with one attached hydrogen (secondary N) is 1. The van der Waals surface area contributed by atoms with Crippen LogP contribution in [0.5, 0.6) is 5.75 Å². The molecule has 102 valence electrons. The third kappa shape index (κ3) is 3.46. The number of nitrogens with zero attached hydrogens (tertiary/aromatic N) is 1. The standard InChI is InChI=1S/C15H20N2O2/c1-15(5-7-19-8-6-15)17-11-12-3-4-14(18-2)13(9-12)10-16/h3-4,9,17H,5-8,11H2,1-2H3. The second-order valence-corrected chi connectivity index (χ2v) is 5.17. The quantitative estimate of drug-likeness (QED) is 0.902. The molecule has 0 bridgehead atoms. The van der Waals surface area contributed by atoms with Gasteiger partial charge in [0.2, 0.25) is 0 Å². The zero-order valence-electron chi connectivity index (χ0n) is 11.5. The summed E-state index contributed by atoms with van der Waals surface area (Å²) in [7, 11) is 1.58. The Morgan fingerprint density at radius 3 is 2.79 bits per heavy atom. The smallest absolute Gasteiger partial charge is 0.136 e. The Morgan fingerprint density at radius 2 is 2.16 bits per heavy atom. The van der Waals surface area contributed by atoms with Crippen LogP contribution in [0.2, 0.25) is 0 Å². The zero-order valence-corrected chi connectivity index (χ0v) is 11.5. The van der Waals surface area contributed by atoms with Crippen molar-refractivity contribution in [2.24, 2.45) is 0 Å². The molecule has 19 heavy (non-hydrogen) atoms. The van der Waals surface area contributed by atoms with E-state index in [1.165, 1.54) is 0 Å². The molecule has 0 amide bonds. The minimum Gasteiger partial charge on any atom is -0.495 e. The molecule has 4 nitrogen and oxygen atoms in total. The number of ether oxygens (including phenoxy) is 2. The first-order chi connectivity index (χ1) is 9.17. The first-order valence-electron chi connectivity index (χ1n) is 6.57. The summed E-state index contributed by atoms with van der Waals surface area (Å²) in [6.45, 7) is 4.62. The van der Waals surface area contributed by atoms with Gasteiger partial charge in [-0.1, -0.05) is 6.07 Å². The number of nitriles is 1. The van der Waals surface area contributed by atoms with Gasteiger partial charge in [0.1, 0.15) is 11.8 Å². The maximum Gasteiger partial charge on any atom is 0.136 e. The minimum absolute atomic E-state index is 0.130. The van der Waals surface area contributed by atoms with Crippen molar-refractivity contribution >= 4 is 0 Å². The van der Waals surface area contributed by atoms with Crippen LogP contribution < -0.4 is 10.1 Å². The fourth-order valence-electron chi connectivity index (χ4n) is 2.27. The van der Waals surface area contributed by atoms with E-state index in [0.717, 1.165) is 38.2 Å². The van der Waals surface area contributed by atoms with Gasteiger partial charge in [0, 0.05) is 25.3 Å². The molecule has 1 saturated heterocycles. The Kier molecular flexibility index (Phi) is 4.41. The molecule has 0 atom stereocenters.